The van der Waals surface area contributed by atoms with Gasteiger partial charge in [0.2, 0.25) is 5.78 Å². The number of carbonyl (C=O) groups excluding carboxylic acids is 1. The van der Waals surface area contributed by atoms with Gasteiger partial charge in [0.1, 0.15) is 5.75 Å². The molecule has 0 amide bonds. The highest BCUT2D eigenvalue weighted by atomic mass is 16.3. The van der Waals surface area contributed by atoms with E-state index in [0.717, 1.165) is 5.56 Å². The number of benzene rings is 1. The van der Waals surface area contributed by atoms with Gasteiger partial charge in [-0.25, -0.2) is 0 Å². The number of furan rings is 1. The first-order valence-electron chi connectivity index (χ1n) is 4.56. The lowest BCUT2D eigenvalue weighted by Gasteiger charge is -2.02. The van der Waals surface area contributed by atoms with Crippen LogP contribution in [0.3, 0.4) is 0 Å². The number of phenolic OH excluding ortho intramolecular Hbond substituents is 1. The van der Waals surface area contributed by atoms with Gasteiger partial charge in [-0.05, 0) is 31.2 Å². The Bertz CT molecular complexity index is 484. The molecule has 0 aliphatic heterocycles. The van der Waals surface area contributed by atoms with E-state index in [0.29, 0.717) is 0 Å². The summed E-state index contributed by atoms with van der Waals surface area (Å²) < 4.78 is 4.98. The van der Waals surface area contributed by atoms with Crippen LogP contribution >= 0.6 is 0 Å². The molecule has 0 aliphatic rings. The van der Waals surface area contributed by atoms with Crippen molar-refractivity contribution in [2.75, 3.05) is 0 Å². The number of carbonyl (C=O) groups is 1. The highest BCUT2D eigenvalue weighted by Crippen LogP contribution is 2.21. The van der Waals surface area contributed by atoms with Gasteiger partial charge in [-0.3, -0.25) is 4.79 Å². The first-order valence-corrected chi connectivity index (χ1v) is 4.56. The van der Waals surface area contributed by atoms with E-state index in [1.54, 1.807) is 24.3 Å². The third-order valence-corrected chi connectivity index (χ3v) is 2.14. The zero-order valence-corrected chi connectivity index (χ0v) is 8.23. The summed E-state index contributed by atoms with van der Waals surface area (Å²) in [6, 6.07) is 8.10. The molecule has 0 unspecified atom stereocenters. The van der Waals surface area contributed by atoms with E-state index >= 15 is 0 Å². The molecule has 3 nitrogen and oxygen atoms in total. The van der Waals surface area contributed by atoms with Crippen molar-refractivity contribution < 1.29 is 14.3 Å². The number of aromatic hydroxyl groups is 1. The first kappa shape index (κ1) is 9.52. The van der Waals surface area contributed by atoms with Gasteiger partial charge in [0, 0.05) is 0 Å². The Balaban J connectivity index is 2.46. The van der Waals surface area contributed by atoms with E-state index in [1.165, 1.54) is 12.3 Å². The van der Waals surface area contributed by atoms with Crippen molar-refractivity contribution >= 4 is 5.78 Å². The predicted molar refractivity (Wildman–Crippen MR) is 55.0 cm³/mol. The second-order valence-corrected chi connectivity index (χ2v) is 3.33. The molecule has 0 fully saturated rings. The molecule has 0 aliphatic carbocycles. The van der Waals surface area contributed by atoms with Crippen LogP contribution in [0, 0.1) is 6.92 Å². The van der Waals surface area contributed by atoms with Crippen LogP contribution in [-0.2, 0) is 0 Å². The van der Waals surface area contributed by atoms with Crippen LogP contribution in [0.5, 0.6) is 5.75 Å². The molecule has 0 saturated carbocycles. The Morgan fingerprint density at radius 2 is 2.13 bits per heavy atom. The van der Waals surface area contributed by atoms with Gasteiger partial charge in [-0.1, -0.05) is 11.6 Å². The Morgan fingerprint density at radius 3 is 2.80 bits per heavy atom. The number of aryl methyl sites for hydroxylation is 1. The molecular weight excluding hydrogens is 192 g/mol. The topological polar surface area (TPSA) is 50.4 Å². The summed E-state index contributed by atoms with van der Waals surface area (Å²) in [5.74, 6) is -0.0981. The van der Waals surface area contributed by atoms with Crippen molar-refractivity contribution in [2.24, 2.45) is 0 Å². The maximum Gasteiger partial charge on any atom is 0.231 e. The average Bonchev–Trinajstić information content (AvgIpc) is 2.74. The molecule has 76 valence electrons. The van der Waals surface area contributed by atoms with Crippen LogP contribution in [0.4, 0.5) is 0 Å². The Morgan fingerprint density at radius 1 is 1.33 bits per heavy atom. The molecule has 1 heterocycles. The molecule has 0 bridgehead atoms. The molecule has 0 spiro atoms. The Kier molecular flexibility index (Phi) is 2.29. The number of hydrogen-bond donors (Lipinski definition) is 1. The molecule has 0 atom stereocenters. The summed E-state index contributed by atoms with van der Waals surface area (Å²) in [6.45, 7) is 1.86. The molecule has 3 heteroatoms. The number of ketones is 1. The molecule has 15 heavy (non-hydrogen) atoms. The van der Waals surface area contributed by atoms with Crippen molar-refractivity contribution in [3.8, 4) is 5.75 Å². The van der Waals surface area contributed by atoms with Gasteiger partial charge < -0.3 is 9.52 Å². The fourth-order valence-corrected chi connectivity index (χ4v) is 1.37. The second-order valence-electron chi connectivity index (χ2n) is 3.33. The normalized spacial score (nSPS) is 10.2. The van der Waals surface area contributed by atoms with Crippen molar-refractivity contribution in [3.05, 3.63) is 53.5 Å². The fourth-order valence-electron chi connectivity index (χ4n) is 1.37. The summed E-state index contributed by atoms with van der Waals surface area (Å²) in [5.41, 5.74) is 1.19. The Labute approximate surface area is 87.0 Å². The van der Waals surface area contributed by atoms with Crippen LogP contribution in [0.2, 0.25) is 0 Å². The maximum atomic E-state index is 11.8. The molecule has 1 N–H and O–H groups in total. The number of hydrogen-bond acceptors (Lipinski definition) is 3. The number of rotatable bonds is 2. The van der Waals surface area contributed by atoms with Crippen LogP contribution in [0.15, 0.2) is 41.0 Å². The van der Waals surface area contributed by atoms with Crippen LogP contribution in [0.25, 0.3) is 0 Å². The fraction of sp³-hybridized carbons (Fsp3) is 0.0833. The first-order chi connectivity index (χ1) is 7.18. The zero-order valence-electron chi connectivity index (χ0n) is 8.23. The molecule has 0 radical (unpaired) electrons. The van der Waals surface area contributed by atoms with Crippen LogP contribution < -0.4 is 0 Å². The summed E-state index contributed by atoms with van der Waals surface area (Å²) in [7, 11) is 0. The van der Waals surface area contributed by atoms with Crippen molar-refractivity contribution in [1.82, 2.24) is 0 Å². The average molecular weight is 202 g/mol. The third-order valence-electron chi connectivity index (χ3n) is 2.14. The summed E-state index contributed by atoms with van der Waals surface area (Å²) in [6.07, 6.45) is 1.43. The lowest BCUT2D eigenvalue weighted by atomic mass is 10.1. The molecule has 1 aromatic carbocycles. The quantitative estimate of drug-likeness (QED) is 0.761. The van der Waals surface area contributed by atoms with Crippen LogP contribution in [0.1, 0.15) is 21.7 Å². The summed E-state index contributed by atoms with van der Waals surface area (Å²) in [4.78, 5) is 11.8. The molecule has 1 aromatic heterocycles. The summed E-state index contributed by atoms with van der Waals surface area (Å²) in [5, 5.41) is 9.54. The van der Waals surface area contributed by atoms with Crippen LogP contribution in [-0.4, -0.2) is 10.9 Å². The van der Waals surface area contributed by atoms with Crippen molar-refractivity contribution in [2.45, 2.75) is 6.92 Å². The molecule has 2 rings (SSSR count). The van der Waals surface area contributed by atoms with E-state index in [2.05, 4.69) is 0 Å². The monoisotopic (exact) mass is 202 g/mol. The second kappa shape index (κ2) is 3.61. The highest BCUT2D eigenvalue weighted by molar-refractivity contribution is 6.08. The number of phenols is 1. The highest BCUT2D eigenvalue weighted by Gasteiger charge is 2.15. The third kappa shape index (κ3) is 1.76. The van der Waals surface area contributed by atoms with Gasteiger partial charge in [-0.2, -0.15) is 0 Å². The predicted octanol–water partition coefficient (Wildman–Crippen LogP) is 2.52. The molecule has 2 aromatic rings. The largest absolute Gasteiger partial charge is 0.507 e. The van der Waals surface area contributed by atoms with Gasteiger partial charge in [0.15, 0.2) is 5.76 Å². The van der Waals surface area contributed by atoms with Crippen molar-refractivity contribution in [1.29, 1.82) is 0 Å². The van der Waals surface area contributed by atoms with E-state index in [4.69, 9.17) is 4.42 Å². The van der Waals surface area contributed by atoms with Gasteiger partial charge in [0.25, 0.3) is 0 Å². The zero-order chi connectivity index (χ0) is 10.8. The van der Waals surface area contributed by atoms with Gasteiger partial charge >= 0.3 is 0 Å². The minimum absolute atomic E-state index is 0.0259. The van der Waals surface area contributed by atoms with Gasteiger partial charge in [0.05, 0.1) is 11.8 Å². The Hall–Kier alpha value is -2.03. The maximum absolute atomic E-state index is 11.8. The summed E-state index contributed by atoms with van der Waals surface area (Å²) >= 11 is 0. The molecule has 0 saturated heterocycles. The van der Waals surface area contributed by atoms with E-state index < -0.39 is 0 Å². The standard InChI is InChI=1S/C12H10O3/c1-8-4-5-10(13)9(7-8)12(14)11-3-2-6-15-11/h2-7,13H,1H3. The minimum atomic E-state index is -0.304. The van der Waals surface area contributed by atoms with Crippen molar-refractivity contribution in [3.63, 3.8) is 0 Å². The van der Waals surface area contributed by atoms with E-state index in [-0.39, 0.29) is 22.9 Å². The van der Waals surface area contributed by atoms with E-state index in [1.807, 2.05) is 6.92 Å². The molecular formula is C12H10O3. The van der Waals surface area contributed by atoms with Gasteiger partial charge in [-0.15, -0.1) is 0 Å². The lowest BCUT2D eigenvalue weighted by molar-refractivity contribution is 0.101. The minimum Gasteiger partial charge on any atom is -0.507 e. The SMILES string of the molecule is Cc1ccc(O)c(C(=O)c2ccco2)c1. The lowest BCUT2D eigenvalue weighted by Crippen LogP contribution is -2.00. The van der Waals surface area contributed by atoms with E-state index in [9.17, 15) is 9.90 Å². The smallest absolute Gasteiger partial charge is 0.231 e.